The lowest BCUT2D eigenvalue weighted by Crippen LogP contribution is -2.23. The summed E-state index contributed by atoms with van der Waals surface area (Å²) in [5.41, 5.74) is 0.439. The van der Waals surface area contributed by atoms with Gasteiger partial charge in [0.05, 0.1) is 0 Å². The molecule has 106 valence electrons. The highest BCUT2D eigenvalue weighted by molar-refractivity contribution is 5.96. The topological polar surface area (TPSA) is 40.5 Å². The molecule has 0 aliphatic heterocycles. The molecule has 0 amide bonds. The van der Waals surface area contributed by atoms with Gasteiger partial charge in [-0.25, -0.2) is 4.39 Å². The summed E-state index contributed by atoms with van der Waals surface area (Å²) in [6, 6.07) is 5.82. The van der Waals surface area contributed by atoms with Crippen LogP contribution in [0.2, 0.25) is 0 Å². The van der Waals surface area contributed by atoms with Crippen LogP contribution in [-0.2, 0) is 0 Å². The molecule has 0 saturated heterocycles. The molecule has 0 atom stereocenters. The van der Waals surface area contributed by atoms with Gasteiger partial charge in [-0.15, -0.1) is 0 Å². The molecule has 0 unspecified atom stereocenters. The highest BCUT2D eigenvalue weighted by atomic mass is 19.1. The zero-order valence-corrected chi connectivity index (χ0v) is 11.4. The molecule has 0 aliphatic rings. The number of hydrogen-bond donors (Lipinski definition) is 1. The van der Waals surface area contributed by atoms with Gasteiger partial charge in [-0.1, -0.05) is 12.1 Å². The summed E-state index contributed by atoms with van der Waals surface area (Å²) in [6.07, 6.45) is 3.25. The molecule has 0 radical (unpaired) electrons. The molecule has 3 nitrogen and oxygen atoms in total. The standard InChI is InChI=1S/C15H22FNO2/c1-17(9-3-2-4-11-18)10-8-15(19)13-6-5-7-14(16)12-13/h5-7,12,18H,2-4,8-11H2,1H3. The molecule has 0 saturated carbocycles. The number of unbranched alkanes of at least 4 members (excludes halogenated alkanes) is 2. The maximum absolute atomic E-state index is 13.0. The number of nitrogens with zero attached hydrogens (tertiary/aromatic N) is 1. The second kappa shape index (κ2) is 8.77. The van der Waals surface area contributed by atoms with E-state index >= 15 is 0 Å². The van der Waals surface area contributed by atoms with Crippen molar-refractivity contribution in [3.63, 3.8) is 0 Å². The van der Waals surface area contributed by atoms with E-state index in [0.717, 1.165) is 25.8 Å². The predicted molar refractivity (Wildman–Crippen MR) is 73.8 cm³/mol. The molecule has 1 N–H and O–H groups in total. The maximum Gasteiger partial charge on any atom is 0.164 e. The summed E-state index contributed by atoms with van der Waals surface area (Å²) < 4.78 is 13.0. The van der Waals surface area contributed by atoms with E-state index in [1.807, 2.05) is 7.05 Å². The molecule has 0 aliphatic carbocycles. The fourth-order valence-electron chi connectivity index (χ4n) is 1.88. The molecule has 0 bridgehead atoms. The monoisotopic (exact) mass is 267 g/mol. The number of benzene rings is 1. The van der Waals surface area contributed by atoms with E-state index in [1.165, 1.54) is 12.1 Å². The normalized spacial score (nSPS) is 10.9. The molecule has 1 rings (SSSR count). The molecular weight excluding hydrogens is 245 g/mol. The van der Waals surface area contributed by atoms with Crippen molar-refractivity contribution in [1.29, 1.82) is 0 Å². The Hall–Kier alpha value is -1.26. The first-order valence-electron chi connectivity index (χ1n) is 6.71. The van der Waals surface area contributed by atoms with Gasteiger partial charge in [0.15, 0.2) is 5.78 Å². The van der Waals surface area contributed by atoms with Gasteiger partial charge in [0.2, 0.25) is 0 Å². The third-order valence-electron chi connectivity index (χ3n) is 3.07. The summed E-state index contributed by atoms with van der Waals surface area (Å²) in [4.78, 5) is 13.9. The van der Waals surface area contributed by atoms with Crippen LogP contribution < -0.4 is 0 Å². The zero-order valence-electron chi connectivity index (χ0n) is 11.4. The van der Waals surface area contributed by atoms with E-state index in [9.17, 15) is 9.18 Å². The molecular formula is C15H22FNO2. The first-order valence-corrected chi connectivity index (χ1v) is 6.71. The van der Waals surface area contributed by atoms with Crippen molar-refractivity contribution in [2.45, 2.75) is 25.7 Å². The number of carbonyl (C=O) groups excluding carboxylic acids is 1. The largest absolute Gasteiger partial charge is 0.396 e. The van der Waals surface area contributed by atoms with Crippen molar-refractivity contribution >= 4 is 5.78 Å². The van der Waals surface area contributed by atoms with Crippen LogP contribution in [0.1, 0.15) is 36.0 Å². The van der Waals surface area contributed by atoms with Crippen LogP contribution >= 0.6 is 0 Å². The predicted octanol–water partition coefficient (Wildman–Crippen LogP) is 2.49. The Balaban J connectivity index is 2.26. The Morgan fingerprint density at radius 1 is 1.26 bits per heavy atom. The summed E-state index contributed by atoms with van der Waals surface area (Å²) in [5, 5.41) is 8.67. The summed E-state index contributed by atoms with van der Waals surface area (Å²) in [6.45, 7) is 1.83. The van der Waals surface area contributed by atoms with Crippen molar-refractivity contribution in [2.24, 2.45) is 0 Å². The number of carbonyl (C=O) groups is 1. The van der Waals surface area contributed by atoms with Crippen molar-refractivity contribution in [3.8, 4) is 0 Å². The van der Waals surface area contributed by atoms with Crippen LogP contribution in [0.25, 0.3) is 0 Å². The fourth-order valence-corrected chi connectivity index (χ4v) is 1.88. The quantitative estimate of drug-likeness (QED) is 0.552. The minimum atomic E-state index is -0.372. The molecule has 1 aromatic rings. The SMILES string of the molecule is CN(CCCCCO)CCC(=O)c1cccc(F)c1. The number of Topliss-reactive ketones (excluding diaryl/α,β-unsaturated/α-hetero) is 1. The minimum Gasteiger partial charge on any atom is -0.396 e. The first kappa shape index (κ1) is 15.8. The molecule has 0 spiro atoms. The number of halogens is 1. The van der Waals surface area contributed by atoms with Gasteiger partial charge in [-0.05, 0) is 45.0 Å². The third kappa shape index (κ3) is 6.45. The molecule has 1 aromatic carbocycles. The van der Waals surface area contributed by atoms with Crippen molar-refractivity contribution in [2.75, 3.05) is 26.7 Å². The second-order valence-electron chi connectivity index (χ2n) is 4.77. The number of hydrogen-bond acceptors (Lipinski definition) is 3. The van der Waals surface area contributed by atoms with E-state index in [1.54, 1.807) is 12.1 Å². The highest BCUT2D eigenvalue weighted by Gasteiger charge is 2.08. The molecule has 19 heavy (non-hydrogen) atoms. The van der Waals surface area contributed by atoms with Gasteiger partial charge < -0.3 is 10.0 Å². The average Bonchev–Trinajstić information content (AvgIpc) is 2.41. The number of rotatable bonds is 9. The average molecular weight is 267 g/mol. The molecule has 4 heteroatoms. The van der Waals surface area contributed by atoms with Gasteiger partial charge in [0, 0.05) is 25.1 Å². The lowest BCUT2D eigenvalue weighted by Gasteiger charge is -2.15. The summed E-state index contributed by atoms with van der Waals surface area (Å²) in [7, 11) is 1.97. The first-order chi connectivity index (χ1) is 9.13. The number of aliphatic hydroxyl groups is 1. The minimum absolute atomic E-state index is 0.0262. The molecule has 0 heterocycles. The highest BCUT2D eigenvalue weighted by Crippen LogP contribution is 2.07. The Morgan fingerprint density at radius 2 is 2.05 bits per heavy atom. The smallest absolute Gasteiger partial charge is 0.164 e. The van der Waals surface area contributed by atoms with Gasteiger partial charge in [-0.2, -0.15) is 0 Å². The maximum atomic E-state index is 13.0. The Kier molecular flexibility index (Phi) is 7.30. The van der Waals surface area contributed by atoms with Crippen molar-refractivity contribution < 1.29 is 14.3 Å². The van der Waals surface area contributed by atoms with Gasteiger partial charge >= 0.3 is 0 Å². The number of aliphatic hydroxyl groups excluding tert-OH is 1. The van der Waals surface area contributed by atoms with Gasteiger partial charge in [0.25, 0.3) is 0 Å². The van der Waals surface area contributed by atoms with E-state index in [0.29, 0.717) is 18.5 Å². The van der Waals surface area contributed by atoms with Crippen LogP contribution in [0.15, 0.2) is 24.3 Å². The Labute approximate surface area is 114 Å². The summed E-state index contributed by atoms with van der Waals surface area (Å²) in [5.74, 6) is -0.398. The Bertz CT molecular complexity index is 395. The molecule has 0 aromatic heterocycles. The van der Waals surface area contributed by atoms with Crippen molar-refractivity contribution in [3.05, 3.63) is 35.6 Å². The fraction of sp³-hybridized carbons (Fsp3) is 0.533. The van der Waals surface area contributed by atoms with Crippen LogP contribution in [0.3, 0.4) is 0 Å². The van der Waals surface area contributed by atoms with Crippen LogP contribution in [0.4, 0.5) is 4.39 Å². The lowest BCUT2D eigenvalue weighted by atomic mass is 10.1. The van der Waals surface area contributed by atoms with E-state index in [4.69, 9.17) is 5.11 Å². The van der Waals surface area contributed by atoms with Crippen LogP contribution in [-0.4, -0.2) is 42.5 Å². The third-order valence-corrected chi connectivity index (χ3v) is 3.07. The lowest BCUT2D eigenvalue weighted by molar-refractivity contribution is 0.0968. The van der Waals surface area contributed by atoms with E-state index < -0.39 is 0 Å². The Morgan fingerprint density at radius 3 is 2.74 bits per heavy atom. The van der Waals surface area contributed by atoms with Crippen molar-refractivity contribution in [1.82, 2.24) is 4.90 Å². The summed E-state index contributed by atoms with van der Waals surface area (Å²) >= 11 is 0. The number of ketones is 1. The van der Waals surface area contributed by atoms with E-state index in [2.05, 4.69) is 4.90 Å². The van der Waals surface area contributed by atoms with Crippen LogP contribution in [0.5, 0.6) is 0 Å². The zero-order chi connectivity index (χ0) is 14.1. The van der Waals surface area contributed by atoms with Gasteiger partial charge in [-0.3, -0.25) is 4.79 Å². The van der Waals surface area contributed by atoms with Crippen LogP contribution in [0, 0.1) is 5.82 Å². The van der Waals surface area contributed by atoms with Gasteiger partial charge in [0.1, 0.15) is 5.82 Å². The molecule has 0 fully saturated rings. The van der Waals surface area contributed by atoms with E-state index in [-0.39, 0.29) is 18.2 Å². The second-order valence-corrected chi connectivity index (χ2v) is 4.77.